The summed E-state index contributed by atoms with van der Waals surface area (Å²) in [6.07, 6.45) is 5.96. The third-order valence-corrected chi connectivity index (χ3v) is 10.5. The number of hydrazine groups is 1. The number of nitrogens with two attached hydrogens (primary N) is 1. The number of carbonyl (C=O) groups excluding carboxylic acids is 2. The number of benzene rings is 2. The lowest BCUT2D eigenvalue weighted by atomic mass is 9.75. The molecule has 1 aliphatic rings. The Labute approximate surface area is 250 Å². The fourth-order valence-corrected chi connectivity index (χ4v) is 8.38. The lowest BCUT2D eigenvalue weighted by Crippen LogP contribution is -2.56. The third-order valence-electron chi connectivity index (χ3n) is 7.34. The molecule has 3 aromatic rings. The van der Waals surface area contributed by atoms with Crippen molar-refractivity contribution in [2.45, 2.75) is 50.6 Å². The van der Waals surface area contributed by atoms with Gasteiger partial charge in [-0.05, 0) is 42.9 Å². The molecule has 42 heavy (non-hydrogen) atoms. The van der Waals surface area contributed by atoms with Crippen molar-refractivity contribution in [2.75, 3.05) is 12.9 Å². The largest absolute Gasteiger partial charge is 0.350 e. The van der Waals surface area contributed by atoms with E-state index < -0.39 is 44.5 Å². The first-order valence-corrected chi connectivity index (χ1v) is 16.6. The SMILES string of the molecule is CC(C)C[C@@H](C(=O)NN)[C@@H](C(=O)NOC1CCCCO1)C(/C=C/c1ccccc1)(c1nc2ccccc2s1)S(C)(=O)=O. The molecule has 4 N–H and O–H groups in total. The molecule has 2 heterocycles. The van der Waals surface area contributed by atoms with Crippen LogP contribution in [0.2, 0.25) is 0 Å². The normalized spacial score (nSPS) is 18.9. The predicted molar refractivity (Wildman–Crippen MR) is 163 cm³/mol. The van der Waals surface area contributed by atoms with Crippen molar-refractivity contribution in [3.8, 4) is 0 Å². The average molecular weight is 615 g/mol. The van der Waals surface area contributed by atoms with Gasteiger partial charge in [0.25, 0.3) is 0 Å². The molecule has 10 nitrogen and oxygen atoms in total. The van der Waals surface area contributed by atoms with E-state index in [4.69, 9.17) is 20.4 Å². The number of rotatable bonds is 12. The van der Waals surface area contributed by atoms with Gasteiger partial charge in [0.2, 0.25) is 11.8 Å². The standard InChI is InChI=1S/C30H38N4O6S2/c1-20(2)19-22(27(35)33-31)26(28(36)34-40-25-15-9-10-18-39-25)30(42(3,37)38,17-16-21-11-5-4-6-12-21)29-32-23-13-7-8-14-24(23)41-29/h4-8,11-14,16-17,20,22,25-26H,9-10,15,18-19,31H2,1-3H3,(H,33,35)(H,34,36)/b17-16+/t22-,25?,26+,30?/m1/s1. The van der Waals surface area contributed by atoms with E-state index in [9.17, 15) is 18.0 Å². The van der Waals surface area contributed by atoms with Gasteiger partial charge >= 0.3 is 0 Å². The fraction of sp³-hybridized carbons (Fsp3) is 0.433. The Bertz CT molecular complexity index is 1470. The second-order valence-corrected chi connectivity index (χ2v) is 14.1. The highest BCUT2D eigenvalue weighted by molar-refractivity contribution is 7.92. The summed E-state index contributed by atoms with van der Waals surface area (Å²) in [7, 11) is -4.21. The van der Waals surface area contributed by atoms with Gasteiger partial charge in [0, 0.05) is 19.3 Å². The van der Waals surface area contributed by atoms with Crippen LogP contribution in [0.3, 0.4) is 0 Å². The number of hydrogen-bond donors (Lipinski definition) is 3. The van der Waals surface area contributed by atoms with Crippen molar-refractivity contribution in [3.63, 3.8) is 0 Å². The molecule has 1 aromatic heterocycles. The topological polar surface area (TPSA) is 150 Å². The van der Waals surface area contributed by atoms with Gasteiger partial charge in [-0.25, -0.2) is 29.6 Å². The molecular formula is C30H38N4O6S2. The number of para-hydroxylation sites is 1. The van der Waals surface area contributed by atoms with E-state index in [0.29, 0.717) is 24.1 Å². The van der Waals surface area contributed by atoms with Gasteiger partial charge in [0.1, 0.15) is 5.01 Å². The van der Waals surface area contributed by atoms with E-state index in [2.05, 4.69) is 10.9 Å². The van der Waals surface area contributed by atoms with Crippen LogP contribution in [0.5, 0.6) is 0 Å². The molecule has 0 bridgehead atoms. The van der Waals surface area contributed by atoms with Gasteiger partial charge in [-0.15, -0.1) is 11.3 Å². The van der Waals surface area contributed by atoms with Gasteiger partial charge in [0.05, 0.1) is 22.1 Å². The van der Waals surface area contributed by atoms with E-state index >= 15 is 0 Å². The number of carbonyl (C=O) groups is 2. The van der Waals surface area contributed by atoms with E-state index in [1.54, 1.807) is 18.2 Å². The summed E-state index contributed by atoms with van der Waals surface area (Å²) in [5, 5.41) is 0.158. The molecular weight excluding hydrogens is 576 g/mol. The number of amides is 2. The zero-order valence-corrected chi connectivity index (χ0v) is 25.6. The molecule has 226 valence electrons. The number of nitrogens with one attached hydrogen (secondary N) is 2. The van der Waals surface area contributed by atoms with Crippen LogP contribution in [0.15, 0.2) is 60.7 Å². The predicted octanol–water partition coefficient (Wildman–Crippen LogP) is 4.09. The van der Waals surface area contributed by atoms with Gasteiger partial charge in [-0.3, -0.25) is 15.0 Å². The zero-order valence-electron chi connectivity index (χ0n) is 24.0. The van der Waals surface area contributed by atoms with Gasteiger partial charge in [-0.1, -0.05) is 68.5 Å². The van der Waals surface area contributed by atoms with E-state index in [1.807, 2.05) is 56.3 Å². The molecule has 0 aliphatic carbocycles. The van der Waals surface area contributed by atoms with Crippen LogP contribution in [-0.2, 0) is 33.7 Å². The maximum absolute atomic E-state index is 14.3. The minimum Gasteiger partial charge on any atom is -0.350 e. The quantitative estimate of drug-likeness (QED) is 0.157. The summed E-state index contributed by atoms with van der Waals surface area (Å²) in [5.74, 6) is 1.42. The van der Waals surface area contributed by atoms with Crippen molar-refractivity contribution in [1.29, 1.82) is 0 Å². The Morgan fingerprint density at radius 3 is 2.48 bits per heavy atom. The van der Waals surface area contributed by atoms with E-state index in [-0.39, 0.29) is 17.3 Å². The number of thiazole rings is 1. The lowest BCUT2D eigenvalue weighted by molar-refractivity contribution is -0.203. The first-order valence-electron chi connectivity index (χ1n) is 13.9. The Kier molecular flexibility index (Phi) is 10.5. The van der Waals surface area contributed by atoms with Crippen molar-refractivity contribution < 1.29 is 27.6 Å². The molecule has 4 rings (SSSR count). The monoisotopic (exact) mass is 614 g/mol. The van der Waals surface area contributed by atoms with Crippen molar-refractivity contribution in [1.82, 2.24) is 15.9 Å². The smallest absolute Gasteiger partial charge is 0.249 e. The Morgan fingerprint density at radius 1 is 1.14 bits per heavy atom. The third kappa shape index (κ3) is 7.07. The summed E-state index contributed by atoms with van der Waals surface area (Å²) < 4.78 is 32.7. The summed E-state index contributed by atoms with van der Waals surface area (Å²) in [5.41, 5.74) is 5.91. The van der Waals surface area contributed by atoms with Crippen LogP contribution in [0.25, 0.3) is 16.3 Å². The summed E-state index contributed by atoms with van der Waals surface area (Å²) in [4.78, 5) is 38.1. The lowest BCUT2D eigenvalue weighted by Gasteiger charge is -2.39. The van der Waals surface area contributed by atoms with Crippen LogP contribution in [-0.4, -0.2) is 44.4 Å². The number of hydrogen-bond acceptors (Lipinski definition) is 9. The first-order chi connectivity index (χ1) is 20.1. The van der Waals surface area contributed by atoms with Gasteiger partial charge < -0.3 is 4.74 Å². The number of aromatic nitrogens is 1. The van der Waals surface area contributed by atoms with Gasteiger partial charge in [-0.2, -0.15) is 0 Å². The molecule has 1 fully saturated rings. The first kappa shape index (κ1) is 31.8. The molecule has 2 aromatic carbocycles. The molecule has 1 aliphatic heterocycles. The second-order valence-electron chi connectivity index (χ2n) is 10.9. The number of ether oxygens (including phenoxy) is 1. The van der Waals surface area contributed by atoms with Gasteiger partial charge in [0.15, 0.2) is 20.9 Å². The summed E-state index contributed by atoms with van der Waals surface area (Å²) in [6.45, 7) is 4.25. The van der Waals surface area contributed by atoms with E-state index in [0.717, 1.165) is 35.1 Å². The Balaban J connectivity index is 1.97. The molecule has 1 saturated heterocycles. The highest BCUT2D eigenvalue weighted by atomic mass is 32.2. The minimum absolute atomic E-state index is 0.0871. The maximum Gasteiger partial charge on any atom is 0.249 e. The van der Waals surface area contributed by atoms with Crippen molar-refractivity contribution in [2.24, 2.45) is 23.6 Å². The Morgan fingerprint density at radius 2 is 1.86 bits per heavy atom. The van der Waals surface area contributed by atoms with Crippen LogP contribution in [0.4, 0.5) is 0 Å². The van der Waals surface area contributed by atoms with Crippen LogP contribution < -0.4 is 16.7 Å². The molecule has 4 atom stereocenters. The highest BCUT2D eigenvalue weighted by Crippen LogP contribution is 2.47. The molecule has 0 radical (unpaired) electrons. The molecule has 2 amide bonds. The zero-order chi connectivity index (χ0) is 30.3. The van der Waals surface area contributed by atoms with Crippen molar-refractivity contribution >= 4 is 49.3 Å². The second kappa shape index (κ2) is 13.9. The maximum atomic E-state index is 14.3. The van der Waals surface area contributed by atoms with Crippen LogP contribution >= 0.6 is 11.3 Å². The summed E-state index contributed by atoms with van der Waals surface area (Å²) in [6, 6.07) is 16.4. The van der Waals surface area contributed by atoms with Crippen LogP contribution in [0, 0.1) is 17.8 Å². The molecule has 2 unspecified atom stereocenters. The van der Waals surface area contributed by atoms with E-state index in [1.165, 1.54) is 6.08 Å². The highest BCUT2D eigenvalue weighted by Gasteiger charge is 2.57. The number of hydroxylamine groups is 1. The number of sulfone groups is 1. The Hall–Kier alpha value is -3.16. The molecule has 0 spiro atoms. The average Bonchev–Trinajstić information content (AvgIpc) is 3.41. The van der Waals surface area contributed by atoms with Crippen molar-refractivity contribution in [3.05, 3.63) is 71.2 Å². The summed E-state index contributed by atoms with van der Waals surface area (Å²) >= 11 is 1.16. The molecule has 0 saturated carbocycles. The number of fused-ring (bicyclic) bond motifs is 1. The molecule has 12 heteroatoms. The van der Waals surface area contributed by atoms with Crippen LogP contribution in [0.1, 0.15) is 50.1 Å². The minimum atomic E-state index is -4.21. The fourth-order valence-electron chi connectivity index (χ4n) is 5.32. The number of nitrogens with zero attached hydrogens (tertiary/aromatic N) is 1.